The maximum Gasteiger partial charge on any atom is 0.338 e. The lowest BCUT2D eigenvalue weighted by atomic mass is 9.91. The molecular formula is C14H16O5. The molecule has 0 bridgehead atoms. The lowest BCUT2D eigenvalue weighted by molar-refractivity contribution is -0.129. The highest BCUT2D eigenvalue weighted by Crippen LogP contribution is 2.32. The van der Waals surface area contributed by atoms with Crippen LogP contribution in [0.5, 0.6) is 11.5 Å². The highest BCUT2D eigenvalue weighted by Gasteiger charge is 2.23. The van der Waals surface area contributed by atoms with Gasteiger partial charge in [0.1, 0.15) is 0 Å². The van der Waals surface area contributed by atoms with Crippen molar-refractivity contribution < 1.29 is 23.8 Å². The van der Waals surface area contributed by atoms with Gasteiger partial charge in [0.05, 0.1) is 5.56 Å². The molecule has 0 radical (unpaired) electrons. The van der Waals surface area contributed by atoms with Crippen molar-refractivity contribution in [3.05, 3.63) is 23.8 Å². The zero-order valence-corrected chi connectivity index (χ0v) is 11.2. The Labute approximate surface area is 111 Å². The van der Waals surface area contributed by atoms with E-state index in [1.807, 2.05) is 0 Å². The molecule has 0 fully saturated rings. The van der Waals surface area contributed by atoms with E-state index in [0.717, 1.165) is 0 Å². The number of carbonyl (C=O) groups is 2. The number of hydrogen-bond acceptors (Lipinski definition) is 5. The molecule has 102 valence electrons. The maximum atomic E-state index is 11.8. The molecule has 19 heavy (non-hydrogen) atoms. The minimum atomic E-state index is -0.545. The first-order valence-corrected chi connectivity index (χ1v) is 5.98. The summed E-state index contributed by atoms with van der Waals surface area (Å²) in [5.74, 6) is 0.441. The molecule has 1 heterocycles. The van der Waals surface area contributed by atoms with E-state index in [2.05, 4.69) is 0 Å². The quantitative estimate of drug-likeness (QED) is 0.783. The van der Waals surface area contributed by atoms with E-state index in [4.69, 9.17) is 14.2 Å². The molecule has 5 heteroatoms. The van der Waals surface area contributed by atoms with Crippen molar-refractivity contribution in [2.45, 2.75) is 20.8 Å². The number of fused-ring (bicyclic) bond motifs is 1. The van der Waals surface area contributed by atoms with Crippen molar-refractivity contribution in [3.63, 3.8) is 0 Å². The lowest BCUT2D eigenvalue weighted by Gasteiger charge is -2.16. The van der Waals surface area contributed by atoms with Gasteiger partial charge in [-0.15, -0.1) is 0 Å². The Balaban J connectivity index is 1.99. The molecule has 0 saturated heterocycles. The molecule has 0 atom stereocenters. The molecule has 5 nitrogen and oxygen atoms in total. The Bertz CT molecular complexity index is 513. The fourth-order valence-electron chi connectivity index (χ4n) is 1.45. The summed E-state index contributed by atoms with van der Waals surface area (Å²) in [5.41, 5.74) is -0.180. The predicted octanol–water partition coefficient (Wildman–Crippen LogP) is 2.19. The monoisotopic (exact) mass is 264 g/mol. The maximum absolute atomic E-state index is 11.8. The van der Waals surface area contributed by atoms with Gasteiger partial charge in [-0.1, -0.05) is 20.8 Å². The van der Waals surface area contributed by atoms with Crippen molar-refractivity contribution in [1.29, 1.82) is 0 Å². The molecule has 0 N–H and O–H groups in total. The Hall–Kier alpha value is -2.04. The van der Waals surface area contributed by atoms with Gasteiger partial charge in [0.25, 0.3) is 0 Å². The lowest BCUT2D eigenvalue weighted by Crippen LogP contribution is -2.26. The third-order valence-electron chi connectivity index (χ3n) is 2.78. The fraction of sp³-hybridized carbons (Fsp3) is 0.429. The van der Waals surface area contributed by atoms with E-state index in [0.29, 0.717) is 17.1 Å². The summed E-state index contributed by atoms with van der Waals surface area (Å²) in [4.78, 5) is 23.5. The van der Waals surface area contributed by atoms with Crippen LogP contribution in [0.25, 0.3) is 0 Å². The summed E-state index contributed by atoms with van der Waals surface area (Å²) in [7, 11) is 0. The zero-order chi connectivity index (χ0) is 14.0. The van der Waals surface area contributed by atoms with E-state index in [-0.39, 0.29) is 19.2 Å². The normalized spacial score (nSPS) is 13.2. The fourth-order valence-corrected chi connectivity index (χ4v) is 1.45. The molecule has 0 saturated carbocycles. The van der Waals surface area contributed by atoms with Crippen molar-refractivity contribution in [2.75, 3.05) is 13.4 Å². The number of Topliss-reactive ketones (excluding diaryl/α,β-unsaturated/α-hetero) is 1. The second kappa shape index (κ2) is 4.91. The van der Waals surface area contributed by atoms with Crippen LogP contribution in [0.3, 0.4) is 0 Å². The Kier molecular flexibility index (Phi) is 3.46. The van der Waals surface area contributed by atoms with Crippen molar-refractivity contribution in [2.24, 2.45) is 5.41 Å². The molecule has 1 aromatic carbocycles. The molecule has 1 aliphatic heterocycles. The summed E-state index contributed by atoms with van der Waals surface area (Å²) < 4.78 is 15.3. The molecule has 0 aromatic heterocycles. The van der Waals surface area contributed by atoms with Gasteiger partial charge in [-0.05, 0) is 18.2 Å². The number of carbonyl (C=O) groups excluding carboxylic acids is 2. The highest BCUT2D eigenvalue weighted by molar-refractivity contribution is 5.93. The van der Waals surface area contributed by atoms with Crippen LogP contribution in [0.2, 0.25) is 0 Å². The minimum Gasteiger partial charge on any atom is -0.454 e. The van der Waals surface area contributed by atoms with Crippen LogP contribution in [0, 0.1) is 5.41 Å². The number of ketones is 1. The van der Waals surface area contributed by atoms with E-state index < -0.39 is 11.4 Å². The third-order valence-corrected chi connectivity index (χ3v) is 2.78. The Morgan fingerprint density at radius 3 is 2.58 bits per heavy atom. The van der Waals surface area contributed by atoms with Crippen LogP contribution in [0.15, 0.2) is 18.2 Å². The van der Waals surface area contributed by atoms with E-state index in [1.165, 1.54) is 0 Å². The summed E-state index contributed by atoms with van der Waals surface area (Å²) >= 11 is 0. The molecule has 0 spiro atoms. The molecule has 1 aliphatic rings. The van der Waals surface area contributed by atoms with Crippen molar-refractivity contribution >= 4 is 11.8 Å². The second-order valence-electron chi connectivity index (χ2n) is 5.32. The van der Waals surface area contributed by atoms with Crippen LogP contribution >= 0.6 is 0 Å². The van der Waals surface area contributed by atoms with E-state index in [1.54, 1.807) is 39.0 Å². The third kappa shape index (κ3) is 3.05. The molecule has 1 aromatic rings. The smallest absolute Gasteiger partial charge is 0.338 e. The van der Waals surface area contributed by atoms with Crippen molar-refractivity contribution in [1.82, 2.24) is 0 Å². The standard InChI is InChI=1S/C14H16O5/c1-14(2,3)12(15)7-17-13(16)9-4-5-10-11(6-9)19-8-18-10/h4-6H,7-8H2,1-3H3. The topological polar surface area (TPSA) is 61.8 Å². The van der Waals surface area contributed by atoms with Crippen molar-refractivity contribution in [3.8, 4) is 11.5 Å². The van der Waals surface area contributed by atoms with Gasteiger partial charge in [0.2, 0.25) is 6.79 Å². The average Bonchev–Trinajstić information content (AvgIpc) is 2.81. The molecule has 0 aliphatic carbocycles. The average molecular weight is 264 g/mol. The van der Waals surface area contributed by atoms with E-state index in [9.17, 15) is 9.59 Å². The van der Waals surface area contributed by atoms with Gasteiger partial charge in [-0.3, -0.25) is 4.79 Å². The number of rotatable bonds is 3. The van der Waals surface area contributed by atoms with Gasteiger partial charge in [-0.2, -0.15) is 0 Å². The first kappa shape index (κ1) is 13.4. The van der Waals surface area contributed by atoms with Gasteiger partial charge < -0.3 is 14.2 Å². The van der Waals surface area contributed by atoms with Crippen LogP contribution in [0.4, 0.5) is 0 Å². The van der Waals surface area contributed by atoms with Gasteiger partial charge >= 0.3 is 5.97 Å². The number of benzene rings is 1. The van der Waals surface area contributed by atoms with Gasteiger partial charge in [-0.25, -0.2) is 4.79 Å². The molecule has 0 unspecified atom stereocenters. The van der Waals surface area contributed by atoms with Crippen LogP contribution < -0.4 is 9.47 Å². The number of ether oxygens (including phenoxy) is 3. The number of esters is 1. The molecule has 2 rings (SSSR count). The first-order valence-electron chi connectivity index (χ1n) is 5.98. The molecule has 0 amide bonds. The van der Waals surface area contributed by atoms with Gasteiger partial charge in [0, 0.05) is 5.41 Å². The predicted molar refractivity (Wildman–Crippen MR) is 67.3 cm³/mol. The SMILES string of the molecule is CC(C)(C)C(=O)COC(=O)c1ccc2c(c1)OCO2. The van der Waals surface area contributed by atoms with Crippen LogP contribution in [-0.2, 0) is 9.53 Å². The summed E-state index contributed by atoms with van der Waals surface area (Å²) in [5, 5.41) is 0. The Morgan fingerprint density at radius 1 is 1.21 bits per heavy atom. The first-order chi connectivity index (χ1) is 8.88. The van der Waals surface area contributed by atoms with Crippen LogP contribution in [0.1, 0.15) is 31.1 Å². The Morgan fingerprint density at radius 2 is 1.89 bits per heavy atom. The van der Waals surface area contributed by atoms with Gasteiger partial charge in [0.15, 0.2) is 23.9 Å². The highest BCUT2D eigenvalue weighted by atomic mass is 16.7. The summed E-state index contributed by atoms with van der Waals surface area (Å²) in [6, 6.07) is 4.77. The van der Waals surface area contributed by atoms with Crippen LogP contribution in [-0.4, -0.2) is 25.2 Å². The molecular weight excluding hydrogens is 248 g/mol. The minimum absolute atomic E-state index is 0.124. The second-order valence-corrected chi connectivity index (χ2v) is 5.32. The van der Waals surface area contributed by atoms with E-state index >= 15 is 0 Å². The summed E-state index contributed by atoms with van der Waals surface area (Å²) in [6.45, 7) is 5.27. The summed E-state index contributed by atoms with van der Waals surface area (Å²) in [6.07, 6.45) is 0. The zero-order valence-electron chi connectivity index (χ0n) is 11.2. The number of hydrogen-bond donors (Lipinski definition) is 0. The largest absolute Gasteiger partial charge is 0.454 e.